The highest BCUT2D eigenvalue weighted by Crippen LogP contribution is 2.34. The Bertz CT molecular complexity index is 1460. The minimum absolute atomic E-state index is 0.0573. The Morgan fingerprint density at radius 2 is 1.36 bits per heavy atom. The van der Waals surface area contributed by atoms with Crippen molar-refractivity contribution in [1.29, 1.82) is 0 Å². The van der Waals surface area contributed by atoms with Crippen LogP contribution in [0.4, 0.5) is 16.2 Å². The zero-order valence-electron chi connectivity index (χ0n) is 22.8. The van der Waals surface area contributed by atoms with Crippen molar-refractivity contribution < 1.29 is 29.1 Å². The SMILES string of the molecule is O=C(O)CCCC(=O)Nc1ccc(N2CCN(C3(c4ccc(-c5ccccc5)cc4)C(=O)NC(=O)NC3=O)CC2)cc1. The molecule has 2 fully saturated rings. The summed E-state index contributed by atoms with van der Waals surface area (Å²) in [7, 11) is 0. The molecule has 0 aliphatic carbocycles. The molecule has 5 amide bonds. The topological polar surface area (TPSA) is 148 Å². The predicted octanol–water partition coefficient (Wildman–Crippen LogP) is 2.93. The van der Waals surface area contributed by atoms with Gasteiger partial charge >= 0.3 is 12.0 Å². The lowest BCUT2D eigenvalue weighted by atomic mass is 9.83. The number of carbonyl (C=O) groups is 5. The molecule has 4 N–H and O–H groups in total. The number of urea groups is 1. The highest BCUT2D eigenvalue weighted by atomic mass is 16.4. The quantitative estimate of drug-likeness (QED) is 0.288. The van der Waals surface area contributed by atoms with Crippen LogP contribution in [0.25, 0.3) is 11.1 Å². The van der Waals surface area contributed by atoms with Crippen LogP contribution in [0.1, 0.15) is 24.8 Å². The van der Waals surface area contributed by atoms with Gasteiger partial charge in [0.2, 0.25) is 11.4 Å². The van der Waals surface area contributed by atoms with Gasteiger partial charge in [-0.15, -0.1) is 0 Å². The molecular formula is C31H31N5O6. The molecule has 0 aromatic heterocycles. The van der Waals surface area contributed by atoms with Crippen molar-refractivity contribution in [2.24, 2.45) is 0 Å². The van der Waals surface area contributed by atoms with Gasteiger partial charge in [-0.05, 0) is 47.4 Å². The summed E-state index contributed by atoms with van der Waals surface area (Å²) in [5.41, 5.74) is 2.23. The minimum Gasteiger partial charge on any atom is -0.481 e. The second kappa shape index (κ2) is 12.2. The first-order valence-corrected chi connectivity index (χ1v) is 13.7. The Hall–Kier alpha value is -5.03. The molecule has 42 heavy (non-hydrogen) atoms. The maximum Gasteiger partial charge on any atom is 0.328 e. The number of carboxylic acids is 1. The molecule has 5 rings (SSSR count). The third-order valence-electron chi connectivity index (χ3n) is 7.59. The van der Waals surface area contributed by atoms with E-state index in [-0.39, 0.29) is 25.2 Å². The van der Waals surface area contributed by atoms with E-state index in [4.69, 9.17) is 5.11 Å². The average Bonchev–Trinajstić information content (AvgIpc) is 2.98. The molecule has 0 radical (unpaired) electrons. The zero-order valence-corrected chi connectivity index (χ0v) is 22.8. The lowest BCUT2D eigenvalue weighted by Gasteiger charge is -2.47. The van der Waals surface area contributed by atoms with Crippen LogP contribution in [0.2, 0.25) is 0 Å². The fourth-order valence-electron chi connectivity index (χ4n) is 5.47. The Balaban J connectivity index is 1.30. The van der Waals surface area contributed by atoms with Gasteiger partial charge in [0, 0.05) is 50.4 Å². The van der Waals surface area contributed by atoms with E-state index < -0.39 is 29.4 Å². The van der Waals surface area contributed by atoms with Crippen molar-refractivity contribution >= 4 is 41.1 Å². The van der Waals surface area contributed by atoms with Gasteiger partial charge in [0.05, 0.1) is 0 Å². The third kappa shape index (κ3) is 5.86. The third-order valence-corrected chi connectivity index (χ3v) is 7.59. The van der Waals surface area contributed by atoms with E-state index in [1.807, 2.05) is 59.5 Å². The number of imide groups is 2. The van der Waals surface area contributed by atoms with E-state index in [9.17, 15) is 24.0 Å². The van der Waals surface area contributed by atoms with Crippen molar-refractivity contribution in [1.82, 2.24) is 15.5 Å². The Morgan fingerprint density at radius 3 is 1.95 bits per heavy atom. The summed E-state index contributed by atoms with van der Waals surface area (Å²) in [5.74, 6) is -2.54. The molecule has 0 spiro atoms. The molecule has 11 nitrogen and oxygen atoms in total. The van der Waals surface area contributed by atoms with E-state index in [2.05, 4.69) is 20.9 Å². The standard InChI is InChI=1S/C31H31N5O6/c37-26(7-4-8-27(38)39)32-24-13-15-25(16-14-24)35-17-19-36(20-18-35)31(28(40)33-30(42)34-29(31)41)23-11-9-22(10-12-23)21-5-2-1-3-6-21/h1-3,5-6,9-16H,4,7-8,17-20H2,(H,32,37)(H,38,39)(H2,33,34,40,41,42). The number of rotatable bonds is 9. The lowest BCUT2D eigenvalue weighted by molar-refractivity contribution is -0.149. The van der Waals surface area contributed by atoms with E-state index >= 15 is 0 Å². The van der Waals surface area contributed by atoms with Gasteiger partial charge in [-0.3, -0.25) is 34.7 Å². The van der Waals surface area contributed by atoms with Crippen molar-refractivity contribution in [2.75, 3.05) is 36.4 Å². The highest BCUT2D eigenvalue weighted by Gasteiger charge is 2.56. The van der Waals surface area contributed by atoms with Crippen LogP contribution < -0.4 is 20.9 Å². The number of carbonyl (C=O) groups excluding carboxylic acids is 4. The summed E-state index contributed by atoms with van der Waals surface area (Å²) in [4.78, 5) is 65.5. The first-order chi connectivity index (χ1) is 20.3. The largest absolute Gasteiger partial charge is 0.481 e. The highest BCUT2D eigenvalue weighted by molar-refractivity contribution is 6.22. The van der Waals surface area contributed by atoms with Crippen LogP contribution in [-0.2, 0) is 24.7 Å². The fraction of sp³-hybridized carbons (Fsp3) is 0.258. The minimum atomic E-state index is -1.70. The Kier molecular flexibility index (Phi) is 8.30. The summed E-state index contributed by atoms with van der Waals surface area (Å²) >= 11 is 0. The van der Waals surface area contributed by atoms with Gasteiger partial charge in [-0.1, -0.05) is 54.6 Å². The van der Waals surface area contributed by atoms with Crippen molar-refractivity contribution in [3.63, 3.8) is 0 Å². The first kappa shape index (κ1) is 28.5. The number of hydrogen-bond acceptors (Lipinski definition) is 7. The molecule has 0 unspecified atom stereocenters. The zero-order chi connectivity index (χ0) is 29.7. The van der Waals surface area contributed by atoms with Crippen LogP contribution in [0.15, 0.2) is 78.9 Å². The van der Waals surface area contributed by atoms with Gasteiger partial charge in [-0.2, -0.15) is 0 Å². The Labute approximate surface area is 242 Å². The van der Waals surface area contributed by atoms with Gasteiger partial charge < -0.3 is 15.3 Å². The molecule has 3 aromatic rings. The molecule has 0 bridgehead atoms. The second-order valence-electron chi connectivity index (χ2n) is 10.2. The lowest BCUT2D eigenvalue weighted by Crippen LogP contribution is -2.73. The number of hydrogen-bond donors (Lipinski definition) is 4. The molecule has 0 saturated carbocycles. The number of amides is 5. The number of aliphatic carboxylic acids is 1. The molecule has 2 aliphatic heterocycles. The average molecular weight is 570 g/mol. The molecular weight excluding hydrogens is 538 g/mol. The van der Waals surface area contributed by atoms with Crippen molar-refractivity contribution in [3.05, 3.63) is 84.4 Å². The van der Waals surface area contributed by atoms with Gasteiger partial charge in [-0.25, -0.2) is 4.79 Å². The molecule has 2 aliphatic rings. The number of piperazine rings is 1. The first-order valence-electron chi connectivity index (χ1n) is 13.7. The smallest absolute Gasteiger partial charge is 0.328 e. The van der Waals surface area contributed by atoms with Gasteiger partial charge in [0.15, 0.2) is 0 Å². The summed E-state index contributed by atoms with van der Waals surface area (Å²) in [6.45, 7) is 1.77. The van der Waals surface area contributed by atoms with Crippen LogP contribution in [0, 0.1) is 0 Å². The molecule has 11 heteroatoms. The fourth-order valence-corrected chi connectivity index (χ4v) is 5.47. The molecule has 0 atom stereocenters. The van der Waals surface area contributed by atoms with Crippen LogP contribution in [0.5, 0.6) is 0 Å². The number of barbiturate groups is 1. The van der Waals surface area contributed by atoms with E-state index in [1.165, 1.54) is 0 Å². The van der Waals surface area contributed by atoms with Crippen LogP contribution in [0.3, 0.4) is 0 Å². The van der Waals surface area contributed by atoms with E-state index in [1.54, 1.807) is 24.3 Å². The maximum atomic E-state index is 13.5. The summed E-state index contributed by atoms with van der Waals surface area (Å²) in [6, 6.07) is 23.5. The van der Waals surface area contributed by atoms with E-state index in [0.29, 0.717) is 37.4 Å². The summed E-state index contributed by atoms with van der Waals surface area (Å²) in [6.07, 6.45) is 0.337. The number of carboxylic acid groups (broad SMARTS) is 1. The van der Waals surface area contributed by atoms with Crippen molar-refractivity contribution in [2.45, 2.75) is 24.8 Å². The number of benzene rings is 3. The summed E-state index contributed by atoms with van der Waals surface area (Å²) < 4.78 is 0. The number of nitrogens with one attached hydrogen (secondary N) is 3. The van der Waals surface area contributed by atoms with E-state index in [0.717, 1.165) is 16.8 Å². The van der Waals surface area contributed by atoms with Crippen molar-refractivity contribution in [3.8, 4) is 11.1 Å². The van der Waals surface area contributed by atoms with Gasteiger partial charge in [0.25, 0.3) is 11.8 Å². The Morgan fingerprint density at radius 1 is 0.762 bits per heavy atom. The molecule has 216 valence electrons. The number of nitrogens with zero attached hydrogens (tertiary/aromatic N) is 2. The predicted molar refractivity (Wildman–Crippen MR) is 156 cm³/mol. The second-order valence-corrected chi connectivity index (χ2v) is 10.2. The molecule has 2 saturated heterocycles. The van der Waals surface area contributed by atoms with Crippen LogP contribution >= 0.6 is 0 Å². The van der Waals surface area contributed by atoms with Gasteiger partial charge in [0.1, 0.15) is 0 Å². The maximum absolute atomic E-state index is 13.5. The monoisotopic (exact) mass is 569 g/mol. The molecule has 2 heterocycles. The normalized spacial score (nSPS) is 16.9. The summed E-state index contributed by atoms with van der Waals surface area (Å²) in [5, 5.41) is 16.1. The molecule has 3 aromatic carbocycles. The number of anilines is 2. The van der Waals surface area contributed by atoms with Crippen LogP contribution in [-0.4, -0.2) is 65.9 Å².